The Bertz CT molecular complexity index is 740. The van der Waals surface area contributed by atoms with Gasteiger partial charge in [-0.05, 0) is 57.9 Å². The molecule has 0 atom stereocenters. The maximum Gasteiger partial charge on any atom is 0.435 e. The lowest BCUT2D eigenvalue weighted by atomic mass is 10.1. The molecule has 3 rings (SSSR count). The van der Waals surface area contributed by atoms with E-state index in [1.54, 1.807) is 32.9 Å². The summed E-state index contributed by atoms with van der Waals surface area (Å²) in [6, 6.07) is 5.89. The smallest absolute Gasteiger partial charge is 0.435 e. The first-order valence-electron chi connectivity index (χ1n) is 7.64. The van der Waals surface area contributed by atoms with Crippen molar-refractivity contribution >= 4 is 11.8 Å². The highest BCUT2D eigenvalue weighted by Crippen LogP contribution is 2.45. The number of nitrogens with zero attached hydrogens (tertiary/aromatic N) is 2. The minimum absolute atomic E-state index is 0.226. The maximum absolute atomic E-state index is 13.1. The zero-order valence-corrected chi connectivity index (χ0v) is 13.5. The molecule has 122 valence electrons. The van der Waals surface area contributed by atoms with E-state index in [0.717, 1.165) is 12.8 Å². The van der Waals surface area contributed by atoms with Crippen LogP contribution in [0.2, 0.25) is 0 Å². The van der Waals surface area contributed by atoms with E-state index in [1.165, 1.54) is 16.8 Å². The minimum atomic E-state index is -0.616. The van der Waals surface area contributed by atoms with Gasteiger partial charge in [0.15, 0.2) is 0 Å². The van der Waals surface area contributed by atoms with Crippen molar-refractivity contribution in [2.75, 3.05) is 5.73 Å². The lowest BCUT2D eigenvalue weighted by Crippen LogP contribution is -2.28. The number of hydrogen-bond donors (Lipinski definition) is 1. The van der Waals surface area contributed by atoms with Crippen LogP contribution in [0.5, 0.6) is 0 Å². The Kier molecular flexibility index (Phi) is 3.62. The van der Waals surface area contributed by atoms with Crippen LogP contribution in [0.4, 0.5) is 14.9 Å². The van der Waals surface area contributed by atoms with Crippen LogP contribution in [0.1, 0.15) is 45.2 Å². The summed E-state index contributed by atoms with van der Waals surface area (Å²) >= 11 is 0. The molecule has 0 saturated heterocycles. The monoisotopic (exact) mass is 317 g/mol. The van der Waals surface area contributed by atoms with E-state index in [1.807, 2.05) is 0 Å². The normalized spacial score (nSPS) is 14.8. The molecule has 5 nitrogen and oxygen atoms in total. The van der Waals surface area contributed by atoms with Crippen LogP contribution in [0.3, 0.4) is 0 Å². The summed E-state index contributed by atoms with van der Waals surface area (Å²) in [5, 5.41) is 4.35. The van der Waals surface area contributed by atoms with Crippen molar-refractivity contribution in [1.82, 2.24) is 9.78 Å². The van der Waals surface area contributed by atoms with E-state index < -0.39 is 11.7 Å². The van der Waals surface area contributed by atoms with Crippen molar-refractivity contribution in [3.05, 3.63) is 35.8 Å². The minimum Gasteiger partial charge on any atom is -0.442 e. The van der Waals surface area contributed by atoms with E-state index >= 15 is 0 Å². The number of carbonyl (C=O) groups excluding carboxylic acids is 1. The van der Waals surface area contributed by atoms with Gasteiger partial charge in [0.1, 0.15) is 17.1 Å². The Morgan fingerprint density at radius 3 is 2.43 bits per heavy atom. The Morgan fingerprint density at radius 2 is 1.91 bits per heavy atom. The molecule has 1 heterocycles. The van der Waals surface area contributed by atoms with Crippen LogP contribution in [-0.4, -0.2) is 21.5 Å². The Labute approximate surface area is 134 Å². The molecule has 23 heavy (non-hydrogen) atoms. The zero-order valence-electron chi connectivity index (χ0n) is 13.5. The van der Waals surface area contributed by atoms with Gasteiger partial charge in [-0.25, -0.2) is 9.18 Å². The SMILES string of the molecule is CC(C)(C)OC(=O)n1nc(-c2ccc(F)cc2)c(N)c1C1CC1. The Hall–Kier alpha value is -2.37. The molecule has 1 aromatic carbocycles. The molecule has 1 fully saturated rings. The highest BCUT2D eigenvalue weighted by molar-refractivity contribution is 5.81. The summed E-state index contributed by atoms with van der Waals surface area (Å²) in [5.74, 6) is -0.106. The highest BCUT2D eigenvalue weighted by Gasteiger charge is 2.35. The van der Waals surface area contributed by atoms with Crippen LogP contribution in [-0.2, 0) is 4.74 Å². The average molecular weight is 317 g/mol. The summed E-state index contributed by atoms with van der Waals surface area (Å²) < 4.78 is 19.8. The van der Waals surface area contributed by atoms with Crippen LogP contribution >= 0.6 is 0 Å². The number of anilines is 1. The van der Waals surface area contributed by atoms with Gasteiger partial charge in [0, 0.05) is 11.5 Å². The fraction of sp³-hybridized carbons (Fsp3) is 0.412. The number of aromatic nitrogens is 2. The highest BCUT2D eigenvalue weighted by atomic mass is 19.1. The quantitative estimate of drug-likeness (QED) is 0.911. The number of nitrogens with two attached hydrogens (primary N) is 1. The van der Waals surface area contributed by atoms with Gasteiger partial charge in [-0.1, -0.05) is 0 Å². The largest absolute Gasteiger partial charge is 0.442 e. The van der Waals surface area contributed by atoms with Gasteiger partial charge in [0.2, 0.25) is 0 Å². The number of hydrogen-bond acceptors (Lipinski definition) is 4. The fourth-order valence-corrected chi connectivity index (χ4v) is 2.46. The predicted octanol–water partition coefficient (Wildman–Crippen LogP) is 3.93. The van der Waals surface area contributed by atoms with E-state index in [0.29, 0.717) is 22.6 Å². The second kappa shape index (κ2) is 5.37. The molecule has 2 N–H and O–H groups in total. The lowest BCUT2D eigenvalue weighted by Gasteiger charge is -2.19. The molecule has 0 radical (unpaired) electrons. The van der Waals surface area contributed by atoms with Gasteiger partial charge in [0.05, 0.1) is 11.4 Å². The molecule has 1 saturated carbocycles. The third-order valence-electron chi connectivity index (χ3n) is 3.61. The number of benzene rings is 1. The number of rotatable bonds is 2. The van der Waals surface area contributed by atoms with E-state index in [9.17, 15) is 9.18 Å². The number of carbonyl (C=O) groups is 1. The molecule has 0 aliphatic heterocycles. The van der Waals surface area contributed by atoms with Crippen LogP contribution in [0.25, 0.3) is 11.3 Å². The van der Waals surface area contributed by atoms with Crippen molar-refractivity contribution in [2.24, 2.45) is 0 Å². The van der Waals surface area contributed by atoms with Gasteiger partial charge < -0.3 is 10.5 Å². The summed E-state index contributed by atoms with van der Waals surface area (Å²) in [6.45, 7) is 5.40. The van der Waals surface area contributed by atoms with Crippen molar-refractivity contribution in [2.45, 2.75) is 45.1 Å². The lowest BCUT2D eigenvalue weighted by molar-refractivity contribution is 0.0510. The first-order chi connectivity index (χ1) is 10.8. The van der Waals surface area contributed by atoms with E-state index in [2.05, 4.69) is 5.10 Å². The molecular formula is C17H20FN3O2. The predicted molar refractivity (Wildman–Crippen MR) is 85.6 cm³/mol. The molecule has 0 unspecified atom stereocenters. The summed E-state index contributed by atoms with van der Waals surface area (Å²) in [5.41, 5.74) is 7.93. The summed E-state index contributed by atoms with van der Waals surface area (Å²) in [6.07, 6.45) is 1.41. The molecule has 2 aromatic rings. The molecule has 0 bridgehead atoms. The molecule has 1 aliphatic rings. The van der Waals surface area contributed by atoms with Crippen molar-refractivity contribution < 1.29 is 13.9 Å². The number of ether oxygens (including phenoxy) is 1. The number of nitrogen functional groups attached to an aromatic ring is 1. The molecule has 0 spiro atoms. The molecule has 0 amide bonds. The second-order valence-corrected chi connectivity index (χ2v) is 6.82. The fourth-order valence-electron chi connectivity index (χ4n) is 2.46. The van der Waals surface area contributed by atoms with E-state index in [4.69, 9.17) is 10.5 Å². The summed E-state index contributed by atoms with van der Waals surface area (Å²) in [4.78, 5) is 12.4. The maximum atomic E-state index is 13.1. The Morgan fingerprint density at radius 1 is 1.30 bits per heavy atom. The van der Waals surface area contributed by atoms with Gasteiger partial charge in [-0.15, -0.1) is 0 Å². The van der Waals surface area contributed by atoms with E-state index in [-0.39, 0.29) is 11.7 Å². The van der Waals surface area contributed by atoms with Crippen molar-refractivity contribution in [3.8, 4) is 11.3 Å². The molecule has 6 heteroatoms. The van der Waals surface area contributed by atoms with Gasteiger partial charge in [0.25, 0.3) is 0 Å². The topological polar surface area (TPSA) is 70.1 Å². The molecule has 1 aromatic heterocycles. The number of halogens is 1. The molecular weight excluding hydrogens is 297 g/mol. The Balaban J connectivity index is 2.04. The second-order valence-electron chi connectivity index (χ2n) is 6.82. The third-order valence-corrected chi connectivity index (χ3v) is 3.61. The third kappa shape index (κ3) is 3.21. The standard InChI is InChI=1S/C17H20FN3O2/c1-17(2,3)23-16(22)21-15(11-4-5-11)13(19)14(20-21)10-6-8-12(18)9-7-10/h6-9,11H,4-5,19H2,1-3H3. The first-order valence-corrected chi connectivity index (χ1v) is 7.64. The first kappa shape index (κ1) is 15.5. The van der Waals surface area contributed by atoms with Gasteiger partial charge in [-0.2, -0.15) is 9.78 Å². The van der Waals surface area contributed by atoms with Gasteiger partial charge in [-0.3, -0.25) is 0 Å². The van der Waals surface area contributed by atoms with Gasteiger partial charge >= 0.3 is 6.09 Å². The average Bonchev–Trinajstić information content (AvgIpc) is 3.21. The summed E-state index contributed by atoms with van der Waals surface area (Å²) in [7, 11) is 0. The zero-order chi connectivity index (χ0) is 16.8. The molecule has 1 aliphatic carbocycles. The van der Waals surface area contributed by atoms with Crippen LogP contribution < -0.4 is 5.73 Å². The van der Waals surface area contributed by atoms with Crippen molar-refractivity contribution in [1.29, 1.82) is 0 Å². The van der Waals surface area contributed by atoms with Crippen molar-refractivity contribution in [3.63, 3.8) is 0 Å². The van der Waals surface area contributed by atoms with Crippen LogP contribution in [0, 0.1) is 5.82 Å². The van der Waals surface area contributed by atoms with Crippen LogP contribution in [0.15, 0.2) is 24.3 Å².